The molecule has 5 nitrogen and oxygen atoms in total. The lowest BCUT2D eigenvalue weighted by Gasteiger charge is -2.10. The molecule has 3 aromatic carbocycles. The highest BCUT2D eigenvalue weighted by Crippen LogP contribution is 2.30. The van der Waals surface area contributed by atoms with E-state index in [2.05, 4.69) is 33.7 Å². The summed E-state index contributed by atoms with van der Waals surface area (Å²) in [4.78, 5) is 0. The van der Waals surface area contributed by atoms with E-state index in [-0.39, 0.29) is 6.61 Å². The van der Waals surface area contributed by atoms with Crippen LogP contribution in [0.25, 0.3) is 22.5 Å². The summed E-state index contributed by atoms with van der Waals surface area (Å²) in [5.41, 5.74) is 5.13. The quantitative estimate of drug-likeness (QED) is 0.602. The third kappa shape index (κ3) is 3.25. The number of tetrazole rings is 1. The highest BCUT2D eigenvalue weighted by Gasteiger charge is 2.14. The topological polar surface area (TPSA) is 63.8 Å². The van der Waals surface area contributed by atoms with Crippen molar-refractivity contribution < 1.29 is 5.11 Å². The Labute approximate surface area is 151 Å². The van der Waals surface area contributed by atoms with Gasteiger partial charge in [-0.1, -0.05) is 78.9 Å². The predicted octanol–water partition coefficient (Wildman–Crippen LogP) is 3.55. The van der Waals surface area contributed by atoms with Crippen LogP contribution in [-0.4, -0.2) is 25.3 Å². The van der Waals surface area contributed by atoms with Crippen molar-refractivity contribution in [2.75, 3.05) is 0 Å². The summed E-state index contributed by atoms with van der Waals surface area (Å²) < 4.78 is 1.82. The molecule has 0 saturated carbocycles. The molecule has 0 radical (unpaired) electrons. The minimum Gasteiger partial charge on any atom is -0.392 e. The van der Waals surface area contributed by atoms with E-state index in [4.69, 9.17) is 0 Å². The van der Waals surface area contributed by atoms with Crippen LogP contribution in [0.4, 0.5) is 0 Å². The fourth-order valence-corrected chi connectivity index (χ4v) is 2.98. The Bertz CT molecular complexity index is 994. The van der Waals surface area contributed by atoms with Gasteiger partial charge < -0.3 is 5.11 Å². The number of hydrogen-bond donors (Lipinski definition) is 1. The second kappa shape index (κ2) is 7.29. The first-order chi connectivity index (χ1) is 12.8. The molecular formula is C21H18N4O. The molecule has 0 bridgehead atoms. The van der Waals surface area contributed by atoms with Crippen molar-refractivity contribution in [2.45, 2.75) is 13.2 Å². The number of aliphatic hydroxyl groups excluding tert-OH is 1. The highest BCUT2D eigenvalue weighted by molar-refractivity contribution is 5.80. The number of aromatic nitrogens is 4. The number of aliphatic hydroxyl groups is 1. The summed E-state index contributed by atoms with van der Waals surface area (Å²) in [6.45, 7) is 0.651. The maximum Gasteiger partial charge on any atom is 0.182 e. The van der Waals surface area contributed by atoms with Crippen LogP contribution in [0.1, 0.15) is 11.1 Å². The van der Waals surface area contributed by atoms with Gasteiger partial charge in [-0.15, -0.1) is 5.10 Å². The van der Waals surface area contributed by atoms with Crippen molar-refractivity contribution >= 4 is 0 Å². The first-order valence-electron chi connectivity index (χ1n) is 8.45. The molecule has 0 atom stereocenters. The smallest absolute Gasteiger partial charge is 0.182 e. The molecule has 1 aromatic heterocycles. The lowest BCUT2D eigenvalue weighted by atomic mass is 9.98. The molecule has 0 unspecified atom stereocenters. The Balaban J connectivity index is 1.74. The van der Waals surface area contributed by atoms with Gasteiger partial charge in [-0.3, -0.25) is 0 Å². The SMILES string of the molecule is OCc1ccc(-c2ccccc2-c2nnnn2Cc2ccccc2)cc1. The summed E-state index contributed by atoms with van der Waals surface area (Å²) in [6, 6.07) is 26.1. The van der Waals surface area contributed by atoms with Gasteiger partial charge in [-0.25, -0.2) is 4.68 Å². The fourth-order valence-electron chi connectivity index (χ4n) is 2.98. The Hall–Kier alpha value is -3.31. The molecule has 1 N–H and O–H groups in total. The summed E-state index contributed by atoms with van der Waals surface area (Å²) in [5, 5.41) is 21.6. The lowest BCUT2D eigenvalue weighted by Crippen LogP contribution is -2.05. The lowest BCUT2D eigenvalue weighted by molar-refractivity contribution is 0.282. The van der Waals surface area contributed by atoms with Gasteiger partial charge in [0.1, 0.15) is 0 Å². The number of rotatable bonds is 5. The average Bonchev–Trinajstić information content (AvgIpc) is 3.17. The second-order valence-corrected chi connectivity index (χ2v) is 6.05. The van der Waals surface area contributed by atoms with Gasteiger partial charge in [0, 0.05) is 5.56 Å². The van der Waals surface area contributed by atoms with Crippen molar-refractivity contribution in [3.05, 3.63) is 90.0 Å². The molecule has 128 valence electrons. The van der Waals surface area contributed by atoms with E-state index in [1.807, 2.05) is 65.3 Å². The molecule has 0 saturated heterocycles. The van der Waals surface area contributed by atoms with Gasteiger partial charge in [0.05, 0.1) is 13.2 Å². The Morgan fingerprint density at radius 1 is 0.731 bits per heavy atom. The molecule has 0 fully saturated rings. The van der Waals surface area contributed by atoms with E-state index in [9.17, 15) is 5.11 Å². The Morgan fingerprint density at radius 2 is 1.42 bits per heavy atom. The molecule has 0 amide bonds. The zero-order valence-electron chi connectivity index (χ0n) is 14.2. The minimum atomic E-state index is 0.0389. The first kappa shape index (κ1) is 16.2. The normalized spacial score (nSPS) is 10.8. The molecule has 0 aliphatic heterocycles. The number of hydrogen-bond acceptors (Lipinski definition) is 4. The molecular weight excluding hydrogens is 324 g/mol. The largest absolute Gasteiger partial charge is 0.392 e. The zero-order chi connectivity index (χ0) is 17.8. The summed E-state index contributed by atoms with van der Waals surface area (Å²) >= 11 is 0. The van der Waals surface area contributed by atoms with Crippen molar-refractivity contribution in [3.8, 4) is 22.5 Å². The van der Waals surface area contributed by atoms with Gasteiger partial charge in [0.25, 0.3) is 0 Å². The van der Waals surface area contributed by atoms with Crippen LogP contribution in [0.5, 0.6) is 0 Å². The van der Waals surface area contributed by atoms with E-state index < -0.39 is 0 Å². The molecule has 0 aliphatic rings. The molecule has 4 rings (SSSR count). The molecule has 0 aliphatic carbocycles. The van der Waals surface area contributed by atoms with Gasteiger partial charge in [0.15, 0.2) is 5.82 Å². The van der Waals surface area contributed by atoms with Crippen molar-refractivity contribution in [1.29, 1.82) is 0 Å². The van der Waals surface area contributed by atoms with Crippen molar-refractivity contribution in [3.63, 3.8) is 0 Å². The third-order valence-electron chi connectivity index (χ3n) is 4.32. The van der Waals surface area contributed by atoms with Gasteiger partial charge in [-0.05, 0) is 32.7 Å². The standard InChI is InChI=1S/C21H18N4O/c26-15-17-10-12-18(13-11-17)19-8-4-5-9-20(19)21-22-23-24-25(21)14-16-6-2-1-3-7-16/h1-13,26H,14-15H2. The van der Waals surface area contributed by atoms with Crippen molar-refractivity contribution in [2.24, 2.45) is 0 Å². The van der Waals surface area contributed by atoms with Crippen LogP contribution in [0.2, 0.25) is 0 Å². The van der Waals surface area contributed by atoms with E-state index in [0.717, 1.165) is 33.6 Å². The van der Waals surface area contributed by atoms with E-state index in [1.54, 1.807) is 0 Å². The van der Waals surface area contributed by atoms with Gasteiger partial charge >= 0.3 is 0 Å². The maximum atomic E-state index is 9.25. The highest BCUT2D eigenvalue weighted by atomic mass is 16.3. The average molecular weight is 342 g/mol. The van der Waals surface area contributed by atoms with Gasteiger partial charge in [0.2, 0.25) is 0 Å². The third-order valence-corrected chi connectivity index (χ3v) is 4.32. The molecule has 4 aromatic rings. The summed E-state index contributed by atoms with van der Waals surface area (Å²) in [6.07, 6.45) is 0. The number of nitrogens with zero attached hydrogens (tertiary/aromatic N) is 4. The molecule has 5 heteroatoms. The van der Waals surface area contributed by atoms with Crippen LogP contribution in [0.15, 0.2) is 78.9 Å². The van der Waals surface area contributed by atoms with Crippen LogP contribution in [-0.2, 0) is 13.2 Å². The van der Waals surface area contributed by atoms with Crippen LogP contribution in [0.3, 0.4) is 0 Å². The van der Waals surface area contributed by atoms with E-state index >= 15 is 0 Å². The minimum absolute atomic E-state index is 0.0389. The zero-order valence-corrected chi connectivity index (χ0v) is 14.2. The number of benzene rings is 3. The van der Waals surface area contributed by atoms with E-state index in [0.29, 0.717) is 6.54 Å². The van der Waals surface area contributed by atoms with Gasteiger partial charge in [-0.2, -0.15) is 0 Å². The van der Waals surface area contributed by atoms with Crippen LogP contribution >= 0.6 is 0 Å². The Kier molecular flexibility index (Phi) is 4.53. The van der Waals surface area contributed by atoms with Crippen LogP contribution < -0.4 is 0 Å². The monoisotopic (exact) mass is 342 g/mol. The summed E-state index contributed by atoms with van der Waals surface area (Å²) in [7, 11) is 0. The molecule has 26 heavy (non-hydrogen) atoms. The fraction of sp³-hybridized carbons (Fsp3) is 0.0952. The Morgan fingerprint density at radius 3 is 2.15 bits per heavy atom. The maximum absolute atomic E-state index is 9.25. The first-order valence-corrected chi connectivity index (χ1v) is 8.45. The van der Waals surface area contributed by atoms with Crippen LogP contribution in [0, 0.1) is 0 Å². The molecule has 0 spiro atoms. The predicted molar refractivity (Wildman–Crippen MR) is 100 cm³/mol. The van der Waals surface area contributed by atoms with E-state index in [1.165, 1.54) is 0 Å². The molecule has 1 heterocycles. The van der Waals surface area contributed by atoms with Crippen molar-refractivity contribution in [1.82, 2.24) is 20.2 Å². The summed E-state index contributed by atoms with van der Waals surface area (Å²) in [5.74, 6) is 0.732. The second-order valence-electron chi connectivity index (χ2n) is 6.05.